The number of benzene rings is 3. The van der Waals surface area contributed by atoms with Gasteiger partial charge >= 0.3 is 0 Å². The van der Waals surface area contributed by atoms with Crippen molar-refractivity contribution in [3.05, 3.63) is 101 Å². The Morgan fingerprint density at radius 3 is 2.32 bits per heavy atom. The Balaban J connectivity index is 1.22. The molecule has 3 aromatic carbocycles. The Kier molecular flexibility index (Phi) is 7.59. The molecule has 0 saturated heterocycles. The summed E-state index contributed by atoms with van der Waals surface area (Å²) in [6, 6.07) is 28.0. The first-order valence-electron chi connectivity index (χ1n) is 14.7. The SMILES string of the molecule is CCOC[C@H]1C[C@]2(C)C(OCc3ccccc3)CC[C@H]2[C@@H]2CCc3cc(OCc4ccccc4)ccc3[C@@H]12. The maximum absolute atomic E-state index is 6.69. The Morgan fingerprint density at radius 2 is 1.58 bits per heavy atom. The van der Waals surface area contributed by atoms with Crippen molar-refractivity contribution in [2.24, 2.45) is 23.2 Å². The zero-order valence-electron chi connectivity index (χ0n) is 23.0. The number of rotatable bonds is 9. The predicted octanol–water partition coefficient (Wildman–Crippen LogP) is 7.97. The summed E-state index contributed by atoms with van der Waals surface area (Å²) in [6.45, 7) is 7.61. The Morgan fingerprint density at radius 1 is 0.842 bits per heavy atom. The van der Waals surface area contributed by atoms with Crippen LogP contribution >= 0.6 is 0 Å². The molecule has 200 valence electrons. The molecular weight excluding hydrogens is 468 g/mol. The Hall–Kier alpha value is -2.62. The second-order valence-corrected chi connectivity index (χ2v) is 12.0. The number of aryl methyl sites for hydroxylation is 1. The molecule has 3 aromatic rings. The van der Waals surface area contributed by atoms with E-state index in [4.69, 9.17) is 14.2 Å². The molecule has 1 unspecified atom stereocenters. The first kappa shape index (κ1) is 25.6. The van der Waals surface area contributed by atoms with Gasteiger partial charge in [0.15, 0.2) is 0 Å². The second-order valence-electron chi connectivity index (χ2n) is 12.0. The summed E-state index contributed by atoms with van der Waals surface area (Å²) in [7, 11) is 0. The van der Waals surface area contributed by atoms with Crippen LogP contribution in [0, 0.1) is 23.2 Å². The normalized spacial score (nSPS) is 29.8. The third-order valence-electron chi connectivity index (χ3n) is 9.81. The largest absolute Gasteiger partial charge is 0.489 e. The van der Waals surface area contributed by atoms with Gasteiger partial charge in [-0.05, 0) is 103 Å². The number of hydrogen-bond acceptors (Lipinski definition) is 3. The summed E-state index contributed by atoms with van der Waals surface area (Å²) < 4.78 is 19.0. The summed E-state index contributed by atoms with van der Waals surface area (Å²) in [5.41, 5.74) is 5.73. The van der Waals surface area contributed by atoms with Gasteiger partial charge in [0.25, 0.3) is 0 Å². The zero-order chi connectivity index (χ0) is 26.0. The van der Waals surface area contributed by atoms with Crippen molar-refractivity contribution in [1.29, 1.82) is 0 Å². The van der Waals surface area contributed by atoms with E-state index in [1.165, 1.54) is 42.4 Å². The monoisotopic (exact) mass is 510 g/mol. The molecule has 2 saturated carbocycles. The molecule has 0 bridgehead atoms. The van der Waals surface area contributed by atoms with Crippen LogP contribution in [0.2, 0.25) is 0 Å². The first-order valence-corrected chi connectivity index (χ1v) is 14.7. The van der Waals surface area contributed by atoms with Gasteiger partial charge in [-0.3, -0.25) is 0 Å². The van der Waals surface area contributed by atoms with Crippen LogP contribution in [0.5, 0.6) is 5.75 Å². The lowest BCUT2D eigenvalue weighted by Crippen LogP contribution is -2.49. The maximum Gasteiger partial charge on any atom is 0.120 e. The third-order valence-corrected chi connectivity index (χ3v) is 9.81. The number of ether oxygens (including phenoxy) is 3. The van der Waals surface area contributed by atoms with Crippen molar-refractivity contribution in [2.75, 3.05) is 13.2 Å². The highest BCUT2D eigenvalue weighted by molar-refractivity contribution is 5.41. The third kappa shape index (κ3) is 5.03. The molecule has 3 nitrogen and oxygen atoms in total. The Bertz CT molecular complexity index is 1190. The highest BCUT2D eigenvalue weighted by Crippen LogP contribution is 2.63. The highest BCUT2D eigenvalue weighted by Gasteiger charge is 2.58. The van der Waals surface area contributed by atoms with Crippen LogP contribution in [0.25, 0.3) is 0 Å². The van der Waals surface area contributed by atoms with E-state index in [2.05, 4.69) is 92.7 Å². The van der Waals surface area contributed by atoms with Crippen molar-refractivity contribution in [2.45, 2.75) is 71.2 Å². The van der Waals surface area contributed by atoms with Crippen molar-refractivity contribution in [3.63, 3.8) is 0 Å². The Labute approximate surface area is 228 Å². The average molecular weight is 511 g/mol. The fraction of sp³-hybridized carbons (Fsp3) is 0.486. The van der Waals surface area contributed by atoms with Gasteiger partial charge < -0.3 is 14.2 Å². The van der Waals surface area contributed by atoms with Gasteiger partial charge in [-0.1, -0.05) is 73.7 Å². The van der Waals surface area contributed by atoms with Gasteiger partial charge in [0.2, 0.25) is 0 Å². The van der Waals surface area contributed by atoms with Crippen LogP contribution in [0.3, 0.4) is 0 Å². The van der Waals surface area contributed by atoms with E-state index in [-0.39, 0.29) is 5.41 Å². The molecule has 2 fully saturated rings. The van der Waals surface area contributed by atoms with Gasteiger partial charge in [0.1, 0.15) is 12.4 Å². The van der Waals surface area contributed by atoms with Crippen LogP contribution < -0.4 is 4.74 Å². The minimum atomic E-state index is 0.216. The lowest BCUT2D eigenvalue weighted by atomic mass is 9.52. The molecule has 0 heterocycles. The minimum Gasteiger partial charge on any atom is -0.489 e. The molecule has 38 heavy (non-hydrogen) atoms. The molecule has 3 heteroatoms. The molecule has 0 N–H and O–H groups in total. The van der Waals surface area contributed by atoms with Crippen molar-refractivity contribution in [3.8, 4) is 5.75 Å². The van der Waals surface area contributed by atoms with Crippen molar-refractivity contribution in [1.82, 2.24) is 0 Å². The van der Waals surface area contributed by atoms with Crippen LogP contribution in [0.1, 0.15) is 67.7 Å². The lowest BCUT2D eigenvalue weighted by molar-refractivity contribution is -0.0967. The smallest absolute Gasteiger partial charge is 0.120 e. The second kappa shape index (κ2) is 11.2. The van der Waals surface area contributed by atoms with Gasteiger partial charge in [0, 0.05) is 13.2 Å². The van der Waals surface area contributed by atoms with Gasteiger partial charge in [-0.25, -0.2) is 0 Å². The van der Waals surface area contributed by atoms with E-state index >= 15 is 0 Å². The first-order chi connectivity index (χ1) is 18.7. The van der Waals surface area contributed by atoms with Gasteiger partial charge in [-0.15, -0.1) is 0 Å². The standard InChI is InChI=1S/C35H42O3/c1-3-36-24-28-21-35(2)32(18-19-33(35)38-23-26-12-8-5-9-13-26)31-16-14-27-20-29(15-17-30(27)34(28)31)37-22-25-10-6-4-7-11-25/h4-13,15,17,20,28,31-34H,3,14,16,18-19,21-24H2,1-2H3/t28-,31+,32+,33?,34-,35+/m1/s1. The number of fused-ring (bicyclic) bond motifs is 5. The highest BCUT2D eigenvalue weighted by atomic mass is 16.5. The molecule has 0 aliphatic heterocycles. The molecule has 0 radical (unpaired) electrons. The summed E-state index contributed by atoms with van der Waals surface area (Å²) in [5, 5.41) is 0. The minimum absolute atomic E-state index is 0.216. The van der Waals surface area contributed by atoms with E-state index in [9.17, 15) is 0 Å². The summed E-state index contributed by atoms with van der Waals surface area (Å²) in [5.74, 6) is 3.50. The molecule has 3 aliphatic rings. The molecule has 0 amide bonds. The molecule has 0 aromatic heterocycles. The number of hydrogen-bond donors (Lipinski definition) is 0. The molecule has 6 rings (SSSR count). The summed E-state index contributed by atoms with van der Waals surface area (Å²) >= 11 is 0. The topological polar surface area (TPSA) is 27.7 Å². The van der Waals surface area contributed by atoms with Crippen molar-refractivity contribution < 1.29 is 14.2 Å². The maximum atomic E-state index is 6.69. The summed E-state index contributed by atoms with van der Waals surface area (Å²) in [6.07, 6.45) is 6.37. The van der Waals surface area contributed by atoms with E-state index < -0.39 is 0 Å². The van der Waals surface area contributed by atoms with Crippen LogP contribution in [-0.4, -0.2) is 19.3 Å². The average Bonchev–Trinajstić information content (AvgIpc) is 3.30. The molecular formula is C35H42O3. The predicted molar refractivity (Wildman–Crippen MR) is 152 cm³/mol. The van der Waals surface area contributed by atoms with Crippen LogP contribution in [-0.2, 0) is 29.1 Å². The van der Waals surface area contributed by atoms with E-state index in [1.54, 1.807) is 5.56 Å². The lowest BCUT2D eigenvalue weighted by Gasteiger charge is -2.54. The fourth-order valence-electron chi connectivity index (χ4n) is 8.13. The van der Waals surface area contributed by atoms with Gasteiger partial charge in [-0.2, -0.15) is 0 Å². The summed E-state index contributed by atoms with van der Waals surface area (Å²) in [4.78, 5) is 0. The molecule has 3 aliphatic carbocycles. The van der Waals surface area contributed by atoms with E-state index in [1.807, 2.05) is 0 Å². The van der Waals surface area contributed by atoms with Crippen molar-refractivity contribution >= 4 is 0 Å². The quantitative estimate of drug-likeness (QED) is 0.292. The van der Waals surface area contributed by atoms with Crippen LogP contribution in [0.4, 0.5) is 0 Å². The van der Waals surface area contributed by atoms with Gasteiger partial charge in [0.05, 0.1) is 12.7 Å². The zero-order valence-corrected chi connectivity index (χ0v) is 23.0. The fourth-order valence-corrected chi connectivity index (χ4v) is 8.13. The molecule has 6 atom stereocenters. The van der Waals surface area contributed by atoms with Crippen LogP contribution in [0.15, 0.2) is 78.9 Å². The van der Waals surface area contributed by atoms with E-state index in [0.717, 1.165) is 25.4 Å². The van der Waals surface area contributed by atoms with E-state index in [0.29, 0.717) is 43.0 Å². The molecule has 0 spiro atoms.